The van der Waals surface area contributed by atoms with Crippen molar-refractivity contribution in [1.29, 1.82) is 0 Å². The molecule has 3 fully saturated rings. The van der Waals surface area contributed by atoms with Gasteiger partial charge in [0.15, 0.2) is 11.6 Å². The van der Waals surface area contributed by atoms with Crippen LogP contribution in [0.15, 0.2) is 59.7 Å². The molecule has 0 radical (unpaired) electrons. The van der Waals surface area contributed by atoms with Gasteiger partial charge in [0.1, 0.15) is 17.6 Å². The molecule has 0 aromatic heterocycles. The predicted octanol–water partition coefficient (Wildman–Crippen LogP) is 6.87. The van der Waals surface area contributed by atoms with Gasteiger partial charge in [-0.3, -0.25) is 24.2 Å². The first-order chi connectivity index (χ1) is 22.6. The summed E-state index contributed by atoms with van der Waals surface area (Å²) in [6.45, 7) is 8.08. The number of phenols is 2. The smallest absolute Gasteiger partial charge is 0.306 e. The summed E-state index contributed by atoms with van der Waals surface area (Å²) >= 11 is 6.19. The van der Waals surface area contributed by atoms with E-state index in [4.69, 9.17) is 16.3 Å². The third-order valence-electron chi connectivity index (χ3n) is 10.5. The first-order valence-corrected chi connectivity index (χ1v) is 17.4. The minimum Gasteiger partial charge on any atom is -0.507 e. The first-order valence-electron chi connectivity index (χ1n) is 17.0. The lowest BCUT2D eigenvalue weighted by molar-refractivity contribution is -0.147. The molecular weight excluding hydrogens is 616 g/mol. The highest BCUT2D eigenvalue weighted by molar-refractivity contribution is 6.30. The van der Waals surface area contributed by atoms with Crippen LogP contribution in [0.1, 0.15) is 91.5 Å². The Morgan fingerprint density at radius 3 is 2.45 bits per heavy atom. The van der Waals surface area contributed by atoms with Crippen molar-refractivity contribution < 1.29 is 29.3 Å². The Labute approximate surface area is 282 Å². The lowest BCUT2D eigenvalue weighted by Crippen LogP contribution is -2.64. The molecule has 3 aliphatic heterocycles. The number of hydrogen-bond donors (Lipinski definition) is 2. The number of ether oxygens (including phenoxy) is 1. The molecule has 1 aliphatic carbocycles. The standard InChI is InChI=1S/C38H45ClN2O6/c1-23(2)10-17-33(28-20-32(44)35-30(42)15-16-31(43)36(35)38(28)46)47-34(45)9-3-8-29-27-7-5-19-40-18-4-6-25(37(27)40)22-41(29)21-24-11-13-26(39)14-12-24/h10-16,20,25,27,29,33,37,42-43H,3-9,17-19,21-22H2,1-2H3/t25-,27+,29+,33-,37-/m1/s1. The molecule has 0 unspecified atom stereocenters. The second-order valence-electron chi connectivity index (χ2n) is 13.9. The fraction of sp³-hybridized carbons (Fsp3) is 0.500. The number of allylic oxidation sites excluding steroid dienone is 2. The van der Waals surface area contributed by atoms with Crippen molar-refractivity contribution in [3.63, 3.8) is 0 Å². The second-order valence-corrected chi connectivity index (χ2v) is 14.3. The van der Waals surface area contributed by atoms with Crippen LogP contribution in [0.3, 0.4) is 0 Å². The SMILES string of the molecule is CC(C)=CC[C@@H](OC(=O)CCC[C@H]1[C@@H]2CCCN3CCC[C@H](CN1Cc1ccc(Cl)cc1)[C@H]23)C1=CC(=O)c2c(O)ccc(O)c2C1=O. The fourth-order valence-electron chi connectivity index (χ4n) is 8.46. The summed E-state index contributed by atoms with van der Waals surface area (Å²) in [5.41, 5.74) is 1.72. The van der Waals surface area contributed by atoms with Crippen LogP contribution in [0, 0.1) is 11.8 Å². The van der Waals surface area contributed by atoms with Crippen LogP contribution in [0.4, 0.5) is 0 Å². The maximum absolute atomic E-state index is 13.5. The van der Waals surface area contributed by atoms with Gasteiger partial charge in [-0.15, -0.1) is 0 Å². The number of carbonyl (C=O) groups is 3. The summed E-state index contributed by atoms with van der Waals surface area (Å²) in [5, 5.41) is 21.4. The molecule has 2 aromatic carbocycles. The topological polar surface area (TPSA) is 107 Å². The second kappa shape index (κ2) is 14.3. The molecule has 3 saturated heterocycles. The van der Waals surface area contributed by atoms with E-state index in [0.717, 1.165) is 36.2 Å². The zero-order valence-electron chi connectivity index (χ0n) is 27.3. The van der Waals surface area contributed by atoms with Crippen LogP contribution < -0.4 is 0 Å². The molecule has 6 rings (SSSR count). The van der Waals surface area contributed by atoms with Crippen LogP contribution in [-0.2, 0) is 16.1 Å². The number of piperidine rings is 3. The quantitative estimate of drug-likeness (QED) is 0.162. The van der Waals surface area contributed by atoms with E-state index in [1.807, 2.05) is 32.1 Å². The van der Waals surface area contributed by atoms with Crippen molar-refractivity contribution in [3.05, 3.63) is 81.4 Å². The van der Waals surface area contributed by atoms with E-state index in [1.54, 1.807) is 0 Å². The van der Waals surface area contributed by atoms with Gasteiger partial charge in [0.2, 0.25) is 0 Å². The number of phenolic OH excluding ortho intramolecular Hbond substituents is 2. The van der Waals surface area contributed by atoms with E-state index in [-0.39, 0.29) is 35.3 Å². The van der Waals surface area contributed by atoms with Gasteiger partial charge in [-0.05, 0) is 113 Å². The molecule has 5 atom stereocenters. The van der Waals surface area contributed by atoms with Crippen molar-refractivity contribution in [2.75, 3.05) is 19.6 Å². The van der Waals surface area contributed by atoms with E-state index in [2.05, 4.69) is 21.9 Å². The molecule has 0 amide bonds. The van der Waals surface area contributed by atoms with Gasteiger partial charge in [-0.1, -0.05) is 35.4 Å². The predicted molar refractivity (Wildman–Crippen MR) is 181 cm³/mol. The van der Waals surface area contributed by atoms with E-state index < -0.39 is 29.4 Å². The van der Waals surface area contributed by atoms with Crippen LogP contribution in [0.25, 0.3) is 0 Å². The summed E-state index contributed by atoms with van der Waals surface area (Å²) in [7, 11) is 0. The number of rotatable bonds is 10. The zero-order valence-corrected chi connectivity index (χ0v) is 28.0. The minimum absolute atomic E-state index is 0.00121. The number of Topliss-reactive ketones (excluding diaryl/α,β-unsaturated/α-hetero) is 1. The zero-order chi connectivity index (χ0) is 33.2. The van der Waals surface area contributed by atoms with E-state index >= 15 is 0 Å². The third-order valence-corrected chi connectivity index (χ3v) is 10.8. The first kappa shape index (κ1) is 33.4. The number of fused-ring (bicyclic) bond motifs is 1. The molecule has 8 nitrogen and oxygen atoms in total. The highest BCUT2D eigenvalue weighted by Crippen LogP contribution is 2.44. The molecule has 0 saturated carbocycles. The van der Waals surface area contributed by atoms with Gasteiger partial charge >= 0.3 is 5.97 Å². The van der Waals surface area contributed by atoms with Crippen molar-refractivity contribution >= 4 is 29.1 Å². The fourth-order valence-corrected chi connectivity index (χ4v) is 8.59. The summed E-state index contributed by atoms with van der Waals surface area (Å²) in [4.78, 5) is 45.3. The van der Waals surface area contributed by atoms with E-state index in [9.17, 15) is 24.6 Å². The summed E-state index contributed by atoms with van der Waals surface area (Å²) in [6.07, 6.45) is 8.84. The molecule has 9 heteroatoms. The number of nitrogens with zero attached hydrogens (tertiary/aromatic N) is 2. The molecule has 2 aromatic rings. The normalized spacial score (nSPS) is 25.0. The molecule has 0 spiro atoms. The number of likely N-dealkylation sites (tertiary alicyclic amines) is 1. The number of benzene rings is 2. The van der Waals surface area contributed by atoms with Crippen LogP contribution >= 0.6 is 11.6 Å². The molecule has 2 N–H and O–H groups in total. The van der Waals surface area contributed by atoms with Gasteiger partial charge in [0, 0.05) is 48.6 Å². The van der Waals surface area contributed by atoms with Gasteiger partial charge in [-0.2, -0.15) is 0 Å². The highest BCUT2D eigenvalue weighted by atomic mass is 35.5. The van der Waals surface area contributed by atoms with Crippen molar-refractivity contribution in [2.24, 2.45) is 11.8 Å². The number of halogens is 1. The average Bonchev–Trinajstić information content (AvgIpc) is 3.04. The van der Waals surface area contributed by atoms with Crippen molar-refractivity contribution in [3.8, 4) is 11.5 Å². The maximum Gasteiger partial charge on any atom is 0.306 e. The largest absolute Gasteiger partial charge is 0.507 e. The van der Waals surface area contributed by atoms with E-state index in [0.29, 0.717) is 30.3 Å². The molecule has 47 heavy (non-hydrogen) atoms. The molecule has 4 aliphatic rings. The Morgan fingerprint density at radius 2 is 1.72 bits per heavy atom. The number of aromatic hydroxyl groups is 2. The Bertz CT molecular complexity index is 1580. The number of hydrogen-bond acceptors (Lipinski definition) is 8. The molecule has 250 valence electrons. The number of esters is 1. The van der Waals surface area contributed by atoms with Crippen LogP contribution in [0.5, 0.6) is 11.5 Å². The Morgan fingerprint density at radius 1 is 1.02 bits per heavy atom. The highest BCUT2D eigenvalue weighted by Gasteiger charge is 2.48. The summed E-state index contributed by atoms with van der Waals surface area (Å²) in [6, 6.07) is 11.4. The third kappa shape index (κ3) is 7.20. The van der Waals surface area contributed by atoms with Crippen LogP contribution in [-0.4, -0.2) is 75.4 Å². The minimum atomic E-state index is -0.991. The van der Waals surface area contributed by atoms with Crippen LogP contribution in [0.2, 0.25) is 5.02 Å². The van der Waals surface area contributed by atoms with Gasteiger partial charge < -0.3 is 14.9 Å². The lowest BCUT2D eigenvalue weighted by Gasteiger charge is -2.57. The maximum atomic E-state index is 13.5. The Balaban J connectivity index is 1.16. The number of ketones is 2. The Hall–Kier alpha value is -3.46. The molecule has 3 heterocycles. The van der Waals surface area contributed by atoms with Crippen molar-refractivity contribution in [2.45, 2.75) is 89.9 Å². The average molecular weight is 661 g/mol. The van der Waals surface area contributed by atoms with Crippen molar-refractivity contribution in [1.82, 2.24) is 9.80 Å². The monoisotopic (exact) mass is 660 g/mol. The molecular formula is C38H45ClN2O6. The molecule has 0 bridgehead atoms. The Kier molecular flexibility index (Phi) is 10.2. The summed E-state index contributed by atoms with van der Waals surface area (Å²) in [5.74, 6) is -1.22. The number of carbonyl (C=O) groups excluding carboxylic acids is 3. The summed E-state index contributed by atoms with van der Waals surface area (Å²) < 4.78 is 5.93. The van der Waals surface area contributed by atoms with E-state index in [1.165, 1.54) is 56.5 Å². The van der Waals surface area contributed by atoms with Gasteiger partial charge in [-0.25, -0.2) is 0 Å². The van der Waals surface area contributed by atoms with Gasteiger partial charge in [0.05, 0.1) is 11.1 Å². The lowest BCUT2D eigenvalue weighted by atomic mass is 9.69. The van der Waals surface area contributed by atoms with Gasteiger partial charge in [0.25, 0.3) is 0 Å².